The Morgan fingerprint density at radius 2 is 2.00 bits per heavy atom. The van der Waals surface area contributed by atoms with Crippen molar-refractivity contribution in [1.82, 2.24) is 4.98 Å². The fourth-order valence-electron chi connectivity index (χ4n) is 1.07. The summed E-state index contributed by atoms with van der Waals surface area (Å²) in [6.07, 6.45) is 1.81. The minimum absolute atomic E-state index is 0.308. The zero-order valence-electron chi connectivity index (χ0n) is 7.69. The van der Waals surface area contributed by atoms with Gasteiger partial charge in [-0.25, -0.2) is 0 Å². The van der Waals surface area contributed by atoms with E-state index in [0.717, 1.165) is 17.8 Å². The van der Waals surface area contributed by atoms with Gasteiger partial charge in [0.15, 0.2) is 0 Å². The summed E-state index contributed by atoms with van der Waals surface area (Å²) in [5, 5.41) is 17.7. The number of phenols is 1. The third-order valence-corrected chi connectivity index (χ3v) is 1.57. The van der Waals surface area contributed by atoms with E-state index < -0.39 is 5.97 Å². The Labute approximate surface area is 80.8 Å². The van der Waals surface area contributed by atoms with Crippen LogP contribution in [0.1, 0.15) is 6.92 Å². The number of aliphatic carboxylic acids is 1. The number of para-hydroxylation sites is 1. The lowest BCUT2D eigenvalue weighted by Gasteiger charge is -1.91. The molecule has 74 valence electrons. The maximum absolute atomic E-state index is 9.23. The first-order chi connectivity index (χ1) is 6.61. The van der Waals surface area contributed by atoms with Crippen molar-refractivity contribution in [1.29, 1.82) is 0 Å². The molecule has 2 rings (SSSR count). The second kappa shape index (κ2) is 4.32. The third kappa shape index (κ3) is 2.52. The van der Waals surface area contributed by atoms with Crippen molar-refractivity contribution < 1.29 is 15.0 Å². The third-order valence-electron chi connectivity index (χ3n) is 1.57. The van der Waals surface area contributed by atoms with Crippen molar-refractivity contribution in [3.63, 3.8) is 0 Å². The quantitative estimate of drug-likeness (QED) is 0.598. The monoisotopic (exact) mass is 193 g/mol. The molecule has 1 aromatic heterocycles. The summed E-state index contributed by atoms with van der Waals surface area (Å²) in [6.45, 7) is 1.08. The number of rotatable bonds is 0. The smallest absolute Gasteiger partial charge is 0.300 e. The number of H-pyrrole nitrogens is 1. The van der Waals surface area contributed by atoms with Crippen molar-refractivity contribution in [3.8, 4) is 5.75 Å². The molecule has 0 aliphatic rings. The van der Waals surface area contributed by atoms with E-state index >= 15 is 0 Å². The molecule has 0 fully saturated rings. The van der Waals surface area contributed by atoms with E-state index in [0.29, 0.717) is 5.75 Å². The van der Waals surface area contributed by atoms with Crippen LogP contribution in [0.5, 0.6) is 5.75 Å². The van der Waals surface area contributed by atoms with Crippen molar-refractivity contribution in [2.75, 3.05) is 0 Å². The largest absolute Gasteiger partial charge is 0.506 e. The summed E-state index contributed by atoms with van der Waals surface area (Å²) in [5.74, 6) is -0.525. The van der Waals surface area contributed by atoms with Crippen LogP contribution in [-0.4, -0.2) is 21.2 Å². The molecule has 14 heavy (non-hydrogen) atoms. The Hall–Kier alpha value is -1.97. The van der Waals surface area contributed by atoms with Gasteiger partial charge in [0.25, 0.3) is 5.97 Å². The van der Waals surface area contributed by atoms with Gasteiger partial charge in [0.1, 0.15) is 5.75 Å². The number of aromatic hydroxyl groups is 1. The van der Waals surface area contributed by atoms with Crippen LogP contribution >= 0.6 is 0 Å². The first kappa shape index (κ1) is 10.1. The van der Waals surface area contributed by atoms with Crippen LogP contribution in [0.4, 0.5) is 0 Å². The number of phenolic OH excluding ortho intramolecular Hbond substituents is 1. The number of hydrogen-bond donors (Lipinski definition) is 3. The minimum Gasteiger partial charge on any atom is -0.506 e. The molecule has 4 heteroatoms. The highest BCUT2D eigenvalue weighted by molar-refractivity contribution is 5.84. The van der Waals surface area contributed by atoms with Gasteiger partial charge in [-0.05, 0) is 12.1 Å². The molecule has 0 aliphatic carbocycles. The normalized spacial score (nSPS) is 9.21. The van der Waals surface area contributed by atoms with Crippen molar-refractivity contribution in [3.05, 3.63) is 30.5 Å². The number of carbonyl (C=O) groups is 1. The van der Waals surface area contributed by atoms with Crippen LogP contribution in [-0.2, 0) is 4.79 Å². The second-order valence-electron chi connectivity index (χ2n) is 2.74. The van der Waals surface area contributed by atoms with Crippen LogP contribution in [0.15, 0.2) is 30.5 Å². The van der Waals surface area contributed by atoms with Gasteiger partial charge in [0.05, 0.1) is 5.52 Å². The van der Waals surface area contributed by atoms with Gasteiger partial charge in [0.2, 0.25) is 0 Å². The van der Waals surface area contributed by atoms with Crippen LogP contribution < -0.4 is 0 Å². The Kier molecular flexibility index (Phi) is 3.12. The Morgan fingerprint density at radius 3 is 2.57 bits per heavy atom. The fourth-order valence-corrected chi connectivity index (χ4v) is 1.07. The number of aromatic nitrogens is 1. The molecule has 0 atom stereocenters. The maximum Gasteiger partial charge on any atom is 0.300 e. The predicted octanol–water partition coefficient (Wildman–Crippen LogP) is 1.96. The van der Waals surface area contributed by atoms with Crippen LogP contribution in [0, 0.1) is 0 Å². The lowest BCUT2D eigenvalue weighted by atomic mass is 10.2. The number of nitrogens with one attached hydrogen (secondary N) is 1. The van der Waals surface area contributed by atoms with Crippen LogP contribution in [0.2, 0.25) is 0 Å². The van der Waals surface area contributed by atoms with Crippen molar-refractivity contribution in [2.45, 2.75) is 6.92 Å². The SMILES string of the molecule is CC(=O)O.Oc1cccc2cc[nH]c12. The lowest BCUT2D eigenvalue weighted by molar-refractivity contribution is -0.134. The van der Waals surface area contributed by atoms with E-state index in [9.17, 15) is 5.11 Å². The molecule has 0 unspecified atom stereocenters. The molecule has 1 heterocycles. The second-order valence-corrected chi connectivity index (χ2v) is 2.74. The molecule has 2 aromatic rings. The number of benzene rings is 1. The Balaban J connectivity index is 0.000000213. The first-order valence-electron chi connectivity index (χ1n) is 4.06. The highest BCUT2D eigenvalue weighted by Gasteiger charge is 1.96. The molecular formula is C10H11NO3. The average Bonchev–Trinajstić information content (AvgIpc) is 2.52. The summed E-state index contributed by atoms with van der Waals surface area (Å²) in [6, 6.07) is 7.37. The van der Waals surface area contributed by atoms with Crippen molar-refractivity contribution in [2.24, 2.45) is 0 Å². The molecule has 1 aromatic carbocycles. The fraction of sp³-hybridized carbons (Fsp3) is 0.100. The van der Waals surface area contributed by atoms with E-state index in [1.165, 1.54) is 0 Å². The number of aromatic amines is 1. The molecule has 0 saturated heterocycles. The Bertz CT molecular complexity index is 430. The van der Waals surface area contributed by atoms with Crippen LogP contribution in [0.3, 0.4) is 0 Å². The maximum atomic E-state index is 9.23. The molecule has 0 spiro atoms. The van der Waals surface area contributed by atoms with E-state index in [2.05, 4.69) is 4.98 Å². The van der Waals surface area contributed by atoms with E-state index in [-0.39, 0.29) is 0 Å². The van der Waals surface area contributed by atoms with E-state index in [4.69, 9.17) is 9.90 Å². The summed E-state index contributed by atoms with van der Waals surface area (Å²) in [7, 11) is 0. The molecule has 0 saturated carbocycles. The van der Waals surface area contributed by atoms with Gasteiger partial charge in [-0.3, -0.25) is 4.79 Å². The molecule has 0 bridgehead atoms. The number of carboxylic acid groups (broad SMARTS) is 1. The highest BCUT2D eigenvalue weighted by Crippen LogP contribution is 2.21. The predicted molar refractivity (Wildman–Crippen MR) is 53.3 cm³/mol. The average molecular weight is 193 g/mol. The standard InChI is InChI=1S/C8H7NO.C2H4O2/c10-7-3-1-2-6-4-5-9-8(6)7;1-2(3)4/h1-5,9-10H;1H3,(H,3,4). The molecule has 0 aliphatic heterocycles. The number of fused-ring (bicyclic) bond motifs is 1. The van der Waals surface area contributed by atoms with Gasteiger partial charge in [-0.1, -0.05) is 12.1 Å². The molecule has 3 N–H and O–H groups in total. The summed E-state index contributed by atoms with van der Waals surface area (Å²) >= 11 is 0. The summed E-state index contributed by atoms with van der Waals surface area (Å²) in [4.78, 5) is 11.9. The lowest BCUT2D eigenvalue weighted by Crippen LogP contribution is -1.78. The van der Waals surface area contributed by atoms with E-state index in [1.54, 1.807) is 6.07 Å². The number of hydrogen-bond acceptors (Lipinski definition) is 2. The van der Waals surface area contributed by atoms with Gasteiger partial charge in [-0.2, -0.15) is 0 Å². The Morgan fingerprint density at radius 1 is 1.36 bits per heavy atom. The topological polar surface area (TPSA) is 73.3 Å². The zero-order chi connectivity index (χ0) is 10.6. The first-order valence-corrected chi connectivity index (χ1v) is 4.06. The zero-order valence-corrected chi connectivity index (χ0v) is 7.69. The van der Waals surface area contributed by atoms with Gasteiger partial charge >= 0.3 is 0 Å². The van der Waals surface area contributed by atoms with E-state index in [1.807, 2.05) is 24.4 Å². The van der Waals surface area contributed by atoms with Gasteiger partial charge < -0.3 is 15.2 Å². The van der Waals surface area contributed by atoms with Gasteiger partial charge in [0, 0.05) is 18.5 Å². The summed E-state index contributed by atoms with van der Waals surface area (Å²) in [5.41, 5.74) is 0.808. The molecule has 0 radical (unpaired) electrons. The minimum atomic E-state index is -0.833. The number of carboxylic acids is 1. The molecule has 0 amide bonds. The van der Waals surface area contributed by atoms with Gasteiger partial charge in [-0.15, -0.1) is 0 Å². The summed E-state index contributed by atoms with van der Waals surface area (Å²) < 4.78 is 0. The molecular weight excluding hydrogens is 182 g/mol. The molecule has 4 nitrogen and oxygen atoms in total. The van der Waals surface area contributed by atoms with Crippen LogP contribution in [0.25, 0.3) is 10.9 Å². The van der Waals surface area contributed by atoms with Crippen molar-refractivity contribution >= 4 is 16.9 Å². The highest BCUT2D eigenvalue weighted by atomic mass is 16.4.